The minimum Gasteiger partial charge on any atom is -0.385 e. The van der Waals surface area contributed by atoms with Crippen LogP contribution in [-0.2, 0) is 14.3 Å². The summed E-state index contributed by atoms with van der Waals surface area (Å²) in [6.07, 6.45) is 3.98. The summed E-state index contributed by atoms with van der Waals surface area (Å²) in [7, 11) is 0. The van der Waals surface area contributed by atoms with Crippen LogP contribution in [0.4, 0.5) is 0 Å². The quantitative estimate of drug-likeness (QED) is 0.774. The van der Waals surface area contributed by atoms with Gasteiger partial charge in [-0.2, -0.15) is 0 Å². The first kappa shape index (κ1) is 13.8. The lowest BCUT2D eigenvalue weighted by molar-refractivity contribution is -0.126. The van der Waals surface area contributed by atoms with Crippen molar-refractivity contribution in [2.45, 2.75) is 56.8 Å². The molecular weight excluding hydrogens is 234 g/mol. The highest BCUT2D eigenvalue weighted by Gasteiger charge is 2.39. The van der Waals surface area contributed by atoms with Gasteiger partial charge in [-0.1, -0.05) is 0 Å². The highest BCUT2D eigenvalue weighted by Crippen LogP contribution is 2.24. The van der Waals surface area contributed by atoms with Gasteiger partial charge in [-0.15, -0.1) is 0 Å². The topological polar surface area (TPSA) is 67.8 Å². The molecular formula is C13H23NO4. The van der Waals surface area contributed by atoms with Crippen LogP contribution in [-0.4, -0.2) is 48.6 Å². The van der Waals surface area contributed by atoms with E-state index in [0.717, 1.165) is 25.9 Å². The number of carbonyl (C=O) groups is 1. The molecule has 0 spiro atoms. The Labute approximate surface area is 108 Å². The van der Waals surface area contributed by atoms with Crippen LogP contribution in [0.2, 0.25) is 0 Å². The molecule has 2 aliphatic rings. The normalized spacial score (nSPS) is 36.6. The molecule has 18 heavy (non-hydrogen) atoms. The molecule has 0 aromatic carbocycles. The van der Waals surface area contributed by atoms with Crippen molar-refractivity contribution in [2.24, 2.45) is 0 Å². The number of nitrogens with one attached hydrogen (secondary N) is 1. The minimum atomic E-state index is -0.914. The molecule has 0 saturated carbocycles. The first-order valence-corrected chi connectivity index (χ1v) is 6.82. The standard InChI is InChI=1S/C13H23NO4/c1-10-13(16,5-7-17-10)9-14-12(15)8-11-4-2-3-6-18-11/h10-11,16H,2-9H2,1H3,(H,14,15). The summed E-state index contributed by atoms with van der Waals surface area (Å²) >= 11 is 0. The number of ether oxygens (including phenoxy) is 2. The largest absolute Gasteiger partial charge is 0.385 e. The minimum absolute atomic E-state index is 0.0468. The van der Waals surface area contributed by atoms with Crippen LogP contribution in [0.5, 0.6) is 0 Å². The molecule has 5 heteroatoms. The van der Waals surface area contributed by atoms with Crippen molar-refractivity contribution in [3.8, 4) is 0 Å². The number of carbonyl (C=O) groups excluding carboxylic acids is 1. The lowest BCUT2D eigenvalue weighted by Gasteiger charge is -2.27. The van der Waals surface area contributed by atoms with Gasteiger partial charge in [-0.25, -0.2) is 0 Å². The molecule has 0 bridgehead atoms. The molecule has 5 nitrogen and oxygen atoms in total. The second-order valence-corrected chi connectivity index (χ2v) is 5.34. The van der Waals surface area contributed by atoms with E-state index in [0.29, 0.717) is 19.4 Å². The third-order valence-corrected chi connectivity index (χ3v) is 3.94. The van der Waals surface area contributed by atoms with Crippen molar-refractivity contribution < 1.29 is 19.4 Å². The van der Waals surface area contributed by atoms with Gasteiger partial charge in [0, 0.05) is 26.2 Å². The van der Waals surface area contributed by atoms with Crippen molar-refractivity contribution >= 4 is 5.91 Å². The van der Waals surface area contributed by atoms with Crippen molar-refractivity contribution in [1.29, 1.82) is 0 Å². The van der Waals surface area contributed by atoms with Crippen LogP contribution in [0.3, 0.4) is 0 Å². The summed E-state index contributed by atoms with van der Waals surface area (Å²) in [6.45, 7) is 3.41. The zero-order valence-corrected chi connectivity index (χ0v) is 11.0. The number of amides is 1. The predicted molar refractivity (Wildman–Crippen MR) is 66.2 cm³/mol. The average Bonchev–Trinajstić information content (AvgIpc) is 2.69. The van der Waals surface area contributed by atoms with Crippen molar-refractivity contribution in [1.82, 2.24) is 5.32 Å². The van der Waals surface area contributed by atoms with E-state index >= 15 is 0 Å². The molecule has 1 amide bonds. The maximum absolute atomic E-state index is 11.8. The lowest BCUT2D eigenvalue weighted by atomic mass is 9.96. The lowest BCUT2D eigenvalue weighted by Crippen LogP contribution is -2.48. The Bertz CT molecular complexity index is 291. The third kappa shape index (κ3) is 3.43. The van der Waals surface area contributed by atoms with E-state index in [-0.39, 0.29) is 24.7 Å². The molecule has 2 N–H and O–H groups in total. The molecule has 104 valence electrons. The molecule has 2 rings (SSSR count). The molecule has 2 aliphatic heterocycles. The fraction of sp³-hybridized carbons (Fsp3) is 0.923. The fourth-order valence-corrected chi connectivity index (χ4v) is 2.50. The Morgan fingerprint density at radius 2 is 2.22 bits per heavy atom. The highest BCUT2D eigenvalue weighted by molar-refractivity contribution is 5.76. The van der Waals surface area contributed by atoms with E-state index in [1.54, 1.807) is 0 Å². The maximum Gasteiger partial charge on any atom is 0.222 e. The molecule has 2 fully saturated rings. The van der Waals surface area contributed by atoms with E-state index in [4.69, 9.17) is 9.47 Å². The first-order valence-electron chi connectivity index (χ1n) is 6.82. The zero-order valence-electron chi connectivity index (χ0n) is 11.0. The monoisotopic (exact) mass is 257 g/mol. The zero-order chi connectivity index (χ0) is 13.0. The van der Waals surface area contributed by atoms with Gasteiger partial charge in [-0.3, -0.25) is 4.79 Å². The van der Waals surface area contributed by atoms with Gasteiger partial charge >= 0.3 is 0 Å². The Morgan fingerprint density at radius 1 is 1.39 bits per heavy atom. The van der Waals surface area contributed by atoms with Crippen LogP contribution in [0.1, 0.15) is 39.0 Å². The van der Waals surface area contributed by atoms with E-state index in [9.17, 15) is 9.90 Å². The highest BCUT2D eigenvalue weighted by atomic mass is 16.5. The Kier molecular flexibility index (Phi) is 4.59. The summed E-state index contributed by atoms with van der Waals surface area (Å²) in [5.74, 6) is -0.0468. The number of rotatable bonds is 4. The van der Waals surface area contributed by atoms with Crippen LogP contribution < -0.4 is 5.32 Å². The summed E-state index contributed by atoms with van der Waals surface area (Å²) in [5, 5.41) is 13.0. The van der Waals surface area contributed by atoms with E-state index in [1.807, 2.05) is 6.92 Å². The van der Waals surface area contributed by atoms with E-state index in [1.165, 1.54) is 0 Å². The van der Waals surface area contributed by atoms with E-state index < -0.39 is 5.60 Å². The molecule has 0 aliphatic carbocycles. The molecule has 2 saturated heterocycles. The van der Waals surface area contributed by atoms with Gasteiger partial charge in [0.1, 0.15) is 5.60 Å². The second-order valence-electron chi connectivity index (χ2n) is 5.34. The molecule has 3 atom stereocenters. The van der Waals surface area contributed by atoms with Crippen LogP contribution >= 0.6 is 0 Å². The number of aliphatic hydroxyl groups is 1. The van der Waals surface area contributed by atoms with Gasteiger partial charge in [-0.05, 0) is 26.2 Å². The molecule has 0 aromatic rings. The van der Waals surface area contributed by atoms with Crippen LogP contribution in [0, 0.1) is 0 Å². The van der Waals surface area contributed by atoms with Gasteiger partial charge in [0.2, 0.25) is 5.91 Å². The molecule has 2 heterocycles. The Hall–Kier alpha value is -0.650. The summed E-state index contributed by atoms with van der Waals surface area (Å²) < 4.78 is 10.8. The summed E-state index contributed by atoms with van der Waals surface area (Å²) in [4.78, 5) is 11.8. The van der Waals surface area contributed by atoms with Gasteiger partial charge in [0.15, 0.2) is 0 Å². The smallest absolute Gasteiger partial charge is 0.222 e. The SMILES string of the molecule is CC1OCCC1(O)CNC(=O)CC1CCCCO1. The average molecular weight is 257 g/mol. The molecule has 0 radical (unpaired) electrons. The van der Waals surface area contributed by atoms with Crippen molar-refractivity contribution in [2.75, 3.05) is 19.8 Å². The van der Waals surface area contributed by atoms with Crippen molar-refractivity contribution in [3.63, 3.8) is 0 Å². The number of hydrogen-bond donors (Lipinski definition) is 2. The molecule has 0 aromatic heterocycles. The van der Waals surface area contributed by atoms with Crippen LogP contribution in [0.25, 0.3) is 0 Å². The predicted octanol–water partition coefficient (Wildman–Crippen LogP) is 0.602. The second kappa shape index (κ2) is 5.99. The Morgan fingerprint density at radius 3 is 2.83 bits per heavy atom. The van der Waals surface area contributed by atoms with Crippen LogP contribution in [0.15, 0.2) is 0 Å². The summed E-state index contributed by atoms with van der Waals surface area (Å²) in [5.41, 5.74) is -0.914. The Balaban J connectivity index is 1.71. The fourth-order valence-electron chi connectivity index (χ4n) is 2.50. The van der Waals surface area contributed by atoms with Gasteiger partial charge in [0.05, 0.1) is 18.6 Å². The van der Waals surface area contributed by atoms with Gasteiger partial charge < -0.3 is 19.9 Å². The maximum atomic E-state index is 11.8. The third-order valence-electron chi connectivity index (χ3n) is 3.94. The first-order chi connectivity index (χ1) is 8.60. The van der Waals surface area contributed by atoms with E-state index in [2.05, 4.69) is 5.32 Å². The van der Waals surface area contributed by atoms with Gasteiger partial charge in [0.25, 0.3) is 0 Å². The molecule has 3 unspecified atom stereocenters. The summed E-state index contributed by atoms with van der Waals surface area (Å²) in [6, 6.07) is 0. The number of hydrogen-bond acceptors (Lipinski definition) is 4. The van der Waals surface area contributed by atoms with Crippen molar-refractivity contribution in [3.05, 3.63) is 0 Å².